The van der Waals surface area contributed by atoms with Crippen molar-refractivity contribution in [1.29, 1.82) is 0 Å². The van der Waals surface area contributed by atoms with E-state index < -0.39 is 11.2 Å². The normalized spacial score (nSPS) is 10.4. The minimum Gasteiger partial charge on any atom is -0.508 e. The standard InChI is InChI=1S/C26H26ClN3O4/c1-3-16-30-25(33)23(28-22(32)15-12-20-8-6-18(2)7-9-20)24(27)29(26(30)34)17-4-5-19-10-13-21(31)14-11-19/h6-11,13-14,31H,3,12,15-17H2,1-2H3,(H,28,32). The van der Waals surface area contributed by atoms with Gasteiger partial charge in [0.2, 0.25) is 5.91 Å². The summed E-state index contributed by atoms with van der Waals surface area (Å²) in [5.74, 6) is 5.50. The quantitative estimate of drug-likeness (QED) is 0.399. The Morgan fingerprint density at radius 2 is 1.74 bits per heavy atom. The number of carbonyl (C=O) groups is 1. The third kappa shape index (κ3) is 6.18. The molecule has 3 rings (SSSR count). The smallest absolute Gasteiger partial charge is 0.333 e. The van der Waals surface area contributed by atoms with E-state index in [4.69, 9.17) is 11.6 Å². The Morgan fingerprint density at radius 1 is 1.06 bits per heavy atom. The first-order valence-corrected chi connectivity index (χ1v) is 11.3. The number of nitrogens with zero attached hydrogens (tertiary/aromatic N) is 2. The molecule has 2 N–H and O–H groups in total. The Balaban J connectivity index is 1.86. The second kappa shape index (κ2) is 11.4. The summed E-state index contributed by atoms with van der Waals surface area (Å²) in [5, 5.41) is 11.8. The molecule has 0 aliphatic carbocycles. The summed E-state index contributed by atoms with van der Waals surface area (Å²) in [7, 11) is 0. The van der Waals surface area contributed by atoms with Crippen LogP contribution in [-0.4, -0.2) is 20.1 Å². The summed E-state index contributed by atoms with van der Waals surface area (Å²) < 4.78 is 2.23. The molecule has 0 atom stereocenters. The molecule has 0 bridgehead atoms. The molecule has 0 saturated heterocycles. The Hall–Kier alpha value is -3.76. The second-order valence-electron chi connectivity index (χ2n) is 7.87. The number of hydrogen-bond donors (Lipinski definition) is 2. The number of nitrogens with one attached hydrogen (secondary N) is 1. The van der Waals surface area contributed by atoms with Gasteiger partial charge >= 0.3 is 5.69 Å². The van der Waals surface area contributed by atoms with Crippen molar-refractivity contribution in [3.8, 4) is 17.6 Å². The topological polar surface area (TPSA) is 93.3 Å². The zero-order valence-electron chi connectivity index (χ0n) is 19.1. The molecular formula is C26H26ClN3O4. The van der Waals surface area contributed by atoms with Crippen LogP contribution in [0.4, 0.5) is 5.69 Å². The van der Waals surface area contributed by atoms with Crippen molar-refractivity contribution in [3.05, 3.63) is 91.2 Å². The lowest BCUT2D eigenvalue weighted by atomic mass is 10.1. The van der Waals surface area contributed by atoms with Crippen LogP contribution in [-0.2, 0) is 24.3 Å². The highest BCUT2D eigenvalue weighted by molar-refractivity contribution is 6.32. The van der Waals surface area contributed by atoms with Gasteiger partial charge in [-0.3, -0.25) is 18.7 Å². The van der Waals surface area contributed by atoms with E-state index in [9.17, 15) is 19.5 Å². The molecule has 0 spiro atoms. The number of hydrogen-bond acceptors (Lipinski definition) is 4. The number of phenolic OH excluding ortho intramolecular Hbond substituents is 1. The highest BCUT2D eigenvalue weighted by Gasteiger charge is 2.19. The van der Waals surface area contributed by atoms with Crippen molar-refractivity contribution < 1.29 is 9.90 Å². The van der Waals surface area contributed by atoms with Gasteiger partial charge in [-0.2, -0.15) is 0 Å². The number of anilines is 1. The van der Waals surface area contributed by atoms with Gasteiger partial charge in [0, 0.05) is 18.5 Å². The monoisotopic (exact) mass is 479 g/mol. The molecule has 0 aliphatic rings. The van der Waals surface area contributed by atoms with Crippen molar-refractivity contribution in [2.24, 2.45) is 0 Å². The SMILES string of the molecule is CCCn1c(=O)c(NC(=O)CCc2ccc(C)cc2)c(Cl)n(CC#Cc2ccc(O)cc2)c1=O. The molecule has 0 aliphatic heterocycles. The predicted molar refractivity (Wildman–Crippen MR) is 133 cm³/mol. The van der Waals surface area contributed by atoms with Crippen LogP contribution in [0.15, 0.2) is 58.1 Å². The van der Waals surface area contributed by atoms with Gasteiger partial charge in [-0.25, -0.2) is 4.79 Å². The average molecular weight is 480 g/mol. The zero-order valence-corrected chi connectivity index (χ0v) is 19.9. The van der Waals surface area contributed by atoms with Crippen LogP contribution in [0.3, 0.4) is 0 Å². The van der Waals surface area contributed by atoms with Gasteiger partial charge in [0.15, 0.2) is 0 Å². The van der Waals surface area contributed by atoms with Crippen LogP contribution in [0.25, 0.3) is 0 Å². The lowest BCUT2D eigenvalue weighted by Gasteiger charge is -2.14. The maximum atomic E-state index is 12.9. The van der Waals surface area contributed by atoms with Crippen molar-refractivity contribution in [3.63, 3.8) is 0 Å². The van der Waals surface area contributed by atoms with E-state index >= 15 is 0 Å². The molecule has 8 heteroatoms. The fraction of sp³-hybridized carbons (Fsp3) is 0.269. The first kappa shape index (κ1) is 24.9. The van der Waals surface area contributed by atoms with Gasteiger partial charge in [0.1, 0.15) is 16.6 Å². The summed E-state index contributed by atoms with van der Waals surface area (Å²) in [6.07, 6.45) is 1.22. The van der Waals surface area contributed by atoms with Crippen LogP contribution in [0, 0.1) is 18.8 Å². The number of aromatic hydroxyl groups is 1. The number of halogens is 1. The minimum absolute atomic E-state index is 0.0746. The van der Waals surface area contributed by atoms with Crippen molar-refractivity contribution in [2.45, 2.75) is 46.2 Å². The summed E-state index contributed by atoms with van der Waals surface area (Å²) in [5.41, 5.74) is 1.43. The van der Waals surface area contributed by atoms with Gasteiger partial charge in [-0.05, 0) is 49.6 Å². The molecule has 1 aromatic heterocycles. The molecular weight excluding hydrogens is 454 g/mol. The van der Waals surface area contributed by atoms with Gasteiger partial charge in [0.05, 0.1) is 6.54 Å². The minimum atomic E-state index is -0.636. The van der Waals surface area contributed by atoms with E-state index in [1.54, 1.807) is 12.1 Å². The summed E-state index contributed by atoms with van der Waals surface area (Å²) >= 11 is 6.41. The number of rotatable bonds is 7. The first-order chi connectivity index (χ1) is 16.3. The third-order valence-electron chi connectivity index (χ3n) is 5.17. The molecule has 176 valence electrons. The lowest BCUT2D eigenvalue weighted by Crippen LogP contribution is -2.42. The molecule has 1 amide bonds. The summed E-state index contributed by atoms with van der Waals surface area (Å²) in [6.45, 7) is 3.94. The van der Waals surface area contributed by atoms with Gasteiger partial charge in [-0.15, -0.1) is 0 Å². The number of phenols is 1. The Labute approximate surface area is 202 Å². The molecule has 1 heterocycles. The number of amides is 1. The van der Waals surface area contributed by atoms with E-state index in [2.05, 4.69) is 17.2 Å². The number of carbonyl (C=O) groups excluding carboxylic acids is 1. The van der Waals surface area contributed by atoms with Gasteiger partial charge < -0.3 is 10.4 Å². The fourth-order valence-electron chi connectivity index (χ4n) is 3.32. The predicted octanol–water partition coefficient (Wildman–Crippen LogP) is 3.71. The Bertz CT molecular complexity index is 1340. The fourth-order valence-corrected chi connectivity index (χ4v) is 3.58. The molecule has 2 aromatic carbocycles. The molecule has 34 heavy (non-hydrogen) atoms. The van der Waals surface area contributed by atoms with Crippen LogP contribution < -0.4 is 16.6 Å². The number of benzene rings is 2. The first-order valence-electron chi connectivity index (χ1n) is 11.0. The largest absolute Gasteiger partial charge is 0.508 e. The van der Waals surface area contributed by atoms with E-state index in [1.807, 2.05) is 38.1 Å². The lowest BCUT2D eigenvalue weighted by molar-refractivity contribution is -0.116. The van der Waals surface area contributed by atoms with Crippen LogP contribution in [0.5, 0.6) is 5.75 Å². The summed E-state index contributed by atoms with van der Waals surface area (Å²) in [6, 6.07) is 14.2. The van der Waals surface area contributed by atoms with Gasteiger partial charge in [-0.1, -0.05) is 60.2 Å². The molecule has 0 radical (unpaired) electrons. The van der Waals surface area contributed by atoms with E-state index in [0.29, 0.717) is 18.4 Å². The molecule has 0 saturated carbocycles. The van der Waals surface area contributed by atoms with E-state index in [-0.39, 0.29) is 42.0 Å². The van der Waals surface area contributed by atoms with Gasteiger partial charge in [0.25, 0.3) is 5.56 Å². The molecule has 3 aromatic rings. The average Bonchev–Trinajstić information content (AvgIpc) is 2.82. The Morgan fingerprint density at radius 3 is 2.38 bits per heavy atom. The molecule has 0 unspecified atom stereocenters. The van der Waals surface area contributed by atoms with Crippen molar-refractivity contribution >= 4 is 23.2 Å². The second-order valence-corrected chi connectivity index (χ2v) is 8.23. The van der Waals surface area contributed by atoms with Crippen molar-refractivity contribution in [2.75, 3.05) is 5.32 Å². The number of aryl methyl sites for hydroxylation is 2. The summed E-state index contributed by atoms with van der Waals surface area (Å²) in [4.78, 5) is 38.4. The van der Waals surface area contributed by atoms with Crippen LogP contribution >= 0.6 is 11.6 Å². The van der Waals surface area contributed by atoms with Crippen LogP contribution in [0.2, 0.25) is 5.15 Å². The Kier molecular flexibility index (Phi) is 8.34. The molecule has 7 nitrogen and oxygen atoms in total. The number of aromatic nitrogens is 2. The highest BCUT2D eigenvalue weighted by Crippen LogP contribution is 2.17. The highest BCUT2D eigenvalue weighted by atomic mass is 35.5. The van der Waals surface area contributed by atoms with E-state index in [1.165, 1.54) is 16.7 Å². The zero-order chi connectivity index (χ0) is 24.7. The molecule has 0 fully saturated rings. The van der Waals surface area contributed by atoms with Crippen molar-refractivity contribution in [1.82, 2.24) is 9.13 Å². The third-order valence-corrected chi connectivity index (χ3v) is 5.57. The maximum Gasteiger partial charge on any atom is 0.333 e. The maximum absolute atomic E-state index is 12.9. The van der Waals surface area contributed by atoms with Crippen LogP contribution in [0.1, 0.15) is 36.5 Å². The van der Waals surface area contributed by atoms with E-state index in [0.717, 1.165) is 15.7 Å².